The molecule has 0 rings (SSSR count). The summed E-state index contributed by atoms with van der Waals surface area (Å²) in [5.41, 5.74) is 5.41. The number of allylic oxidation sites excluding steroid dienone is 12. The minimum Gasteiger partial charge on any atom is -0.462 e. The van der Waals surface area contributed by atoms with E-state index >= 15 is 0 Å². The molecule has 0 aromatic carbocycles. The highest BCUT2D eigenvalue weighted by Gasteiger charge is 2.26. The molecule has 85 heavy (non-hydrogen) atoms. The second-order valence-electron chi connectivity index (χ2n) is 24.4. The highest BCUT2D eigenvalue weighted by molar-refractivity contribution is 7.47. The maximum Gasteiger partial charge on any atom is 0.472 e. The van der Waals surface area contributed by atoms with Crippen LogP contribution in [0.2, 0.25) is 0 Å². The quantitative estimate of drug-likeness (QED) is 0.0264. The maximum absolute atomic E-state index is 12.8. The Hall–Kier alpha value is -2.55. The standard InChI is InChI=1S/C75H138NO8P/c1-3-5-7-9-11-13-15-17-19-21-23-25-27-29-31-32-33-34-35-36-37-38-39-40-42-44-46-48-50-52-54-56-58-60-62-64-66-68-75(78)84-73(72-83-85(79,80)82-70-69-76)71-81-74(77)67-65-63-61-59-57-55-53-51-49-47-45-43-41-30-28-26-24-22-20-18-16-14-12-10-8-6-4-2/h5,7,11,13,17,19,23,25,29,31,33-34,73H,3-4,6,8-10,12,14-16,18,20-22,24,26-28,30,32,35-72,76H2,1-2H3,(H,79,80)/b7-5-,13-11-,19-17-,25-23-,31-29-,34-33-. The number of esters is 2. The number of ether oxygens (including phenoxy) is 2. The molecule has 0 saturated carbocycles. The topological polar surface area (TPSA) is 134 Å². The summed E-state index contributed by atoms with van der Waals surface area (Å²) in [7, 11) is -4.39. The summed E-state index contributed by atoms with van der Waals surface area (Å²) in [6.07, 6.45) is 93.0. The van der Waals surface area contributed by atoms with Gasteiger partial charge in [0.2, 0.25) is 0 Å². The van der Waals surface area contributed by atoms with Crippen molar-refractivity contribution in [2.75, 3.05) is 26.4 Å². The van der Waals surface area contributed by atoms with Crippen LogP contribution in [0.25, 0.3) is 0 Å². The van der Waals surface area contributed by atoms with Crippen LogP contribution in [0.1, 0.15) is 361 Å². The zero-order valence-corrected chi connectivity index (χ0v) is 56.7. The van der Waals surface area contributed by atoms with Gasteiger partial charge in [-0.05, 0) is 64.2 Å². The van der Waals surface area contributed by atoms with E-state index in [1.165, 1.54) is 250 Å². The number of phosphoric acid groups is 1. The average Bonchev–Trinajstić information content (AvgIpc) is 3.52. The number of hydrogen-bond acceptors (Lipinski definition) is 8. The van der Waals surface area contributed by atoms with Crippen molar-refractivity contribution in [2.24, 2.45) is 5.73 Å². The molecule has 0 aromatic heterocycles. The van der Waals surface area contributed by atoms with E-state index in [0.29, 0.717) is 6.42 Å². The number of unbranched alkanes of at least 4 members (excludes halogenated alkanes) is 44. The minimum absolute atomic E-state index is 0.0545. The van der Waals surface area contributed by atoms with Gasteiger partial charge >= 0.3 is 19.8 Å². The van der Waals surface area contributed by atoms with Crippen LogP contribution in [0, 0.1) is 0 Å². The molecule has 0 heterocycles. The Bertz CT molecular complexity index is 1620. The summed E-state index contributed by atoms with van der Waals surface area (Å²) in [6.45, 7) is 3.70. The molecular weight excluding hydrogens is 1070 g/mol. The number of carbonyl (C=O) groups is 2. The maximum atomic E-state index is 12.8. The number of phosphoric ester groups is 1. The number of hydrogen-bond donors (Lipinski definition) is 2. The van der Waals surface area contributed by atoms with E-state index in [0.717, 1.165) is 77.0 Å². The van der Waals surface area contributed by atoms with Crippen LogP contribution in [0.3, 0.4) is 0 Å². The van der Waals surface area contributed by atoms with E-state index in [1.807, 2.05) is 0 Å². The molecule has 0 saturated heterocycles. The molecule has 0 aliphatic heterocycles. The third-order valence-corrected chi connectivity index (χ3v) is 17.1. The zero-order chi connectivity index (χ0) is 61.6. The van der Waals surface area contributed by atoms with Gasteiger partial charge in [0.1, 0.15) is 6.61 Å². The van der Waals surface area contributed by atoms with Gasteiger partial charge in [-0.25, -0.2) is 4.57 Å². The first-order valence-corrected chi connectivity index (χ1v) is 37.9. The Morgan fingerprint density at radius 2 is 0.647 bits per heavy atom. The summed E-state index contributed by atoms with van der Waals surface area (Å²) in [5.74, 6) is -0.808. The van der Waals surface area contributed by atoms with Gasteiger partial charge in [-0.15, -0.1) is 0 Å². The van der Waals surface area contributed by atoms with E-state index in [1.54, 1.807) is 0 Å². The fraction of sp³-hybridized carbons (Fsp3) is 0.813. The third kappa shape index (κ3) is 70.4. The largest absolute Gasteiger partial charge is 0.472 e. The Labute approximate surface area is 526 Å². The van der Waals surface area contributed by atoms with Crippen LogP contribution >= 0.6 is 7.82 Å². The van der Waals surface area contributed by atoms with Crippen LogP contribution in [0.4, 0.5) is 0 Å². The lowest BCUT2D eigenvalue weighted by atomic mass is 10.0. The van der Waals surface area contributed by atoms with Crippen molar-refractivity contribution in [1.29, 1.82) is 0 Å². The summed E-state index contributed by atoms with van der Waals surface area (Å²) < 4.78 is 33.2. The molecule has 0 fully saturated rings. The molecule has 3 N–H and O–H groups in total. The molecule has 0 aliphatic rings. The Balaban J connectivity index is 3.82. The van der Waals surface area contributed by atoms with Crippen molar-refractivity contribution in [3.8, 4) is 0 Å². The van der Waals surface area contributed by atoms with E-state index in [2.05, 4.69) is 86.8 Å². The van der Waals surface area contributed by atoms with Gasteiger partial charge in [-0.2, -0.15) is 0 Å². The van der Waals surface area contributed by atoms with Crippen LogP contribution < -0.4 is 5.73 Å². The number of rotatable bonds is 69. The predicted octanol–water partition coefficient (Wildman–Crippen LogP) is 24.0. The highest BCUT2D eigenvalue weighted by atomic mass is 31.2. The van der Waals surface area contributed by atoms with Gasteiger partial charge in [0, 0.05) is 19.4 Å². The second kappa shape index (κ2) is 70.5. The van der Waals surface area contributed by atoms with Crippen molar-refractivity contribution in [3.63, 3.8) is 0 Å². The van der Waals surface area contributed by atoms with Gasteiger partial charge in [-0.1, -0.05) is 356 Å². The first-order valence-electron chi connectivity index (χ1n) is 36.4. The predicted molar refractivity (Wildman–Crippen MR) is 367 cm³/mol. The van der Waals surface area contributed by atoms with Gasteiger partial charge in [0.25, 0.3) is 0 Å². The van der Waals surface area contributed by atoms with E-state index < -0.39 is 26.5 Å². The number of carbonyl (C=O) groups excluding carboxylic acids is 2. The Morgan fingerprint density at radius 1 is 0.365 bits per heavy atom. The van der Waals surface area contributed by atoms with E-state index in [9.17, 15) is 19.0 Å². The monoisotopic (exact) mass is 1210 g/mol. The molecular formula is C75H138NO8P. The van der Waals surface area contributed by atoms with Crippen molar-refractivity contribution < 1.29 is 37.6 Å². The van der Waals surface area contributed by atoms with Crippen molar-refractivity contribution in [3.05, 3.63) is 72.9 Å². The summed E-state index contributed by atoms with van der Waals surface area (Å²) in [5, 5.41) is 0. The first kappa shape index (κ1) is 82.5. The van der Waals surface area contributed by atoms with Crippen LogP contribution in [0.5, 0.6) is 0 Å². The Morgan fingerprint density at radius 3 is 0.965 bits per heavy atom. The SMILES string of the molecule is CC/C=C\C/C=C\C/C=C\C/C=C\C/C=C\C/C=C\CCCCCCCCCCCCCCCCCCCCC(=O)OC(COC(=O)CCCCCCCCCCCCCCCCCCCCCCCCCCCCC)COP(=O)(O)OCCN. The third-order valence-electron chi connectivity index (χ3n) is 16.1. The molecule has 0 amide bonds. The van der Waals surface area contributed by atoms with Crippen molar-refractivity contribution in [1.82, 2.24) is 0 Å². The van der Waals surface area contributed by atoms with E-state index in [4.69, 9.17) is 24.3 Å². The summed E-state index contributed by atoms with van der Waals surface area (Å²) in [4.78, 5) is 35.4. The molecule has 496 valence electrons. The lowest BCUT2D eigenvalue weighted by molar-refractivity contribution is -0.161. The van der Waals surface area contributed by atoms with Gasteiger partial charge in [0.15, 0.2) is 6.10 Å². The fourth-order valence-electron chi connectivity index (χ4n) is 10.8. The normalized spacial score (nSPS) is 13.3. The summed E-state index contributed by atoms with van der Waals surface area (Å²) >= 11 is 0. The molecule has 0 spiro atoms. The Kier molecular flexibility index (Phi) is 68.4. The lowest BCUT2D eigenvalue weighted by Crippen LogP contribution is -2.29. The molecule has 9 nitrogen and oxygen atoms in total. The van der Waals surface area contributed by atoms with Gasteiger partial charge in [0.05, 0.1) is 13.2 Å². The van der Waals surface area contributed by atoms with Gasteiger partial charge < -0.3 is 20.1 Å². The zero-order valence-electron chi connectivity index (χ0n) is 55.8. The van der Waals surface area contributed by atoms with Gasteiger partial charge in [-0.3, -0.25) is 18.6 Å². The summed E-state index contributed by atoms with van der Waals surface area (Å²) in [6, 6.07) is 0. The van der Waals surface area contributed by atoms with Crippen molar-refractivity contribution >= 4 is 19.8 Å². The van der Waals surface area contributed by atoms with Crippen molar-refractivity contribution in [2.45, 2.75) is 367 Å². The molecule has 2 unspecified atom stereocenters. The first-order chi connectivity index (χ1) is 41.8. The highest BCUT2D eigenvalue weighted by Crippen LogP contribution is 2.43. The average molecular weight is 1210 g/mol. The fourth-order valence-corrected chi connectivity index (χ4v) is 11.5. The van der Waals surface area contributed by atoms with Crippen LogP contribution in [-0.4, -0.2) is 49.3 Å². The molecule has 0 bridgehead atoms. The number of nitrogens with two attached hydrogens (primary N) is 1. The second-order valence-corrected chi connectivity index (χ2v) is 25.9. The molecule has 0 aliphatic carbocycles. The molecule has 2 atom stereocenters. The minimum atomic E-state index is -4.39. The van der Waals surface area contributed by atoms with Crippen LogP contribution in [0.15, 0.2) is 72.9 Å². The van der Waals surface area contributed by atoms with E-state index in [-0.39, 0.29) is 38.6 Å². The molecule has 0 aromatic rings. The molecule has 10 heteroatoms. The lowest BCUT2D eigenvalue weighted by Gasteiger charge is -2.19. The molecule has 0 radical (unpaired) electrons. The smallest absolute Gasteiger partial charge is 0.462 e. The van der Waals surface area contributed by atoms with Crippen LogP contribution in [-0.2, 0) is 32.7 Å².